The van der Waals surface area contributed by atoms with Crippen LogP contribution < -0.4 is 14.4 Å². The molecule has 3 aromatic rings. The molecule has 0 unspecified atom stereocenters. The summed E-state index contributed by atoms with van der Waals surface area (Å²) in [6.07, 6.45) is 3.46. The van der Waals surface area contributed by atoms with E-state index in [2.05, 4.69) is 4.98 Å². The highest BCUT2D eigenvalue weighted by Crippen LogP contribution is 2.27. The van der Waals surface area contributed by atoms with Crippen LogP contribution >= 0.6 is 0 Å². The van der Waals surface area contributed by atoms with Crippen molar-refractivity contribution >= 4 is 11.6 Å². The van der Waals surface area contributed by atoms with Gasteiger partial charge in [-0.05, 0) is 35.9 Å². The van der Waals surface area contributed by atoms with Crippen molar-refractivity contribution in [3.63, 3.8) is 0 Å². The monoisotopic (exact) mass is 348 g/mol. The van der Waals surface area contributed by atoms with E-state index in [9.17, 15) is 4.79 Å². The number of amides is 1. The molecule has 0 saturated carbocycles. The highest BCUT2D eigenvalue weighted by molar-refractivity contribution is 6.07. The number of hydrogen-bond acceptors (Lipinski definition) is 4. The highest BCUT2D eigenvalue weighted by atomic mass is 16.5. The molecule has 0 radical (unpaired) electrons. The van der Waals surface area contributed by atoms with Gasteiger partial charge in [-0.2, -0.15) is 0 Å². The van der Waals surface area contributed by atoms with E-state index in [4.69, 9.17) is 9.47 Å². The lowest BCUT2D eigenvalue weighted by molar-refractivity contribution is 0.0982. The minimum atomic E-state index is -0.153. The van der Waals surface area contributed by atoms with E-state index in [0.29, 0.717) is 23.6 Å². The Labute approximate surface area is 152 Å². The first-order chi connectivity index (χ1) is 12.7. The maximum Gasteiger partial charge on any atom is 0.262 e. The van der Waals surface area contributed by atoms with Crippen LogP contribution in [0, 0.1) is 0 Å². The van der Waals surface area contributed by atoms with Gasteiger partial charge in [0, 0.05) is 24.1 Å². The molecule has 0 aliphatic carbocycles. The summed E-state index contributed by atoms with van der Waals surface area (Å²) in [5, 5.41) is 0. The van der Waals surface area contributed by atoms with Crippen LogP contribution in [0.2, 0.25) is 0 Å². The molecule has 1 aromatic heterocycles. The van der Waals surface area contributed by atoms with E-state index in [-0.39, 0.29) is 5.91 Å². The first-order valence-electron chi connectivity index (χ1n) is 8.20. The molecule has 3 rings (SSSR count). The number of hydrogen-bond donors (Lipinski definition) is 0. The molecule has 0 atom stereocenters. The summed E-state index contributed by atoms with van der Waals surface area (Å²) in [5.74, 6) is 1.07. The van der Waals surface area contributed by atoms with Gasteiger partial charge in [0.2, 0.25) is 0 Å². The maximum absolute atomic E-state index is 13.3. The van der Waals surface area contributed by atoms with Gasteiger partial charge < -0.3 is 14.4 Å². The Morgan fingerprint density at radius 3 is 2.58 bits per heavy atom. The minimum Gasteiger partial charge on any atom is -0.497 e. The SMILES string of the molecule is COc1cccc(N(Cc2cccnc2)C(=O)c2ccccc2OC)c1. The van der Waals surface area contributed by atoms with Gasteiger partial charge in [0.15, 0.2) is 0 Å². The predicted octanol–water partition coefficient (Wildman–Crippen LogP) is 3.95. The zero-order chi connectivity index (χ0) is 18.4. The van der Waals surface area contributed by atoms with Crippen LogP contribution in [0.25, 0.3) is 0 Å². The van der Waals surface area contributed by atoms with Crippen molar-refractivity contribution in [1.82, 2.24) is 4.98 Å². The van der Waals surface area contributed by atoms with Crippen molar-refractivity contribution in [1.29, 1.82) is 0 Å². The molecule has 0 bridgehead atoms. The van der Waals surface area contributed by atoms with Crippen LogP contribution in [-0.4, -0.2) is 25.1 Å². The summed E-state index contributed by atoms with van der Waals surface area (Å²) < 4.78 is 10.7. The summed E-state index contributed by atoms with van der Waals surface area (Å²) >= 11 is 0. The molecule has 132 valence electrons. The minimum absolute atomic E-state index is 0.153. The molecule has 26 heavy (non-hydrogen) atoms. The standard InChI is InChI=1S/C21H20N2O3/c1-25-18-9-5-8-17(13-18)23(15-16-7-6-12-22-14-16)21(24)19-10-3-4-11-20(19)26-2/h3-14H,15H2,1-2H3. The number of rotatable bonds is 6. The maximum atomic E-state index is 13.3. The molecule has 0 saturated heterocycles. The molecule has 5 heteroatoms. The molecule has 2 aromatic carbocycles. The Hall–Kier alpha value is -3.34. The summed E-state index contributed by atoms with van der Waals surface area (Å²) in [6, 6.07) is 18.4. The zero-order valence-corrected chi connectivity index (χ0v) is 14.8. The average molecular weight is 348 g/mol. The molecule has 0 spiro atoms. The Morgan fingerprint density at radius 1 is 1.00 bits per heavy atom. The fourth-order valence-electron chi connectivity index (χ4n) is 2.70. The summed E-state index contributed by atoms with van der Waals surface area (Å²) in [5.41, 5.74) is 2.17. The van der Waals surface area contributed by atoms with E-state index < -0.39 is 0 Å². The van der Waals surface area contributed by atoms with Crippen molar-refractivity contribution < 1.29 is 14.3 Å². The Bertz CT molecular complexity index is 881. The van der Waals surface area contributed by atoms with Crippen molar-refractivity contribution in [3.05, 3.63) is 84.2 Å². The van der Waals surface area contributed by atoms with Gasteiger partial charge in [0.05, 0.1) is 26.3 Å². The van der Waals surface area contributed by atoms with Crippen molar-refractivity contribution in [2.24, 2.45) is 0 Å². The number of pyridine rings is 1. The highest BCUT2D eigenvalue weighted by Gasteiger charge is 2.21. The van der Waals surface area contributed by atoms with Crippen LogP contribution in [0.5, 0.6) is 11.5 Å². The first-order valence-corrected chi connectivity index (χ1v) is 8.20. The van der Waals surface area contributed by atoms with Crippen LogP contribution in [0.1, 0.15) is 15.9 Å². The van der Waals surface area contributed by atoms with E-state index >= 15 is 0 Å². The van der Waals surface area contributed by atoms with Gasteiger partial charge in [0.25, 0.3) is 5.91 Å². The number of anilines is 1. The second kappa shape index (κ2) is 8.16. The van der Waals surface area contributed by atoms with Crippen LogP contribution in [0.3, 0.4) is 0 Å². The third kappa shape index (κ3) is 3.83. The van der Waals surface area contributed by atoms with Gasteiger partial charge >= 0.3 is 0 Å². The fraction of sp³-hybridized carbons (Fsp3) is 0.143. The predicted molar refractivity (Wildman–Crippen MR) is 101 cm³/mol. The summed E-state index contributed by atoms with van der Waals surface area (Å²) in [4.78, 5) is 19.1. The number of ether oxygens (including phenoxy) is 2. The quantitative estimate of drug-likeness (QED) is 0.677. The van der Waals surface area contributed by atoms with Gasteiger partial charge in [0.1, 0.15) is 11.5 Å². The molecular weight excluding hydrogens is 328 g/mol. The number of benzene rings is 2. The molecule has 1 heterocycles. The van der Waals surface area contributed by atoms with E-state index in [1.165, 1.54) is 0 Å². The lowest BCUT2D eigenvalue weighted by Gasteiger charge is -2.24. The summed E-state index contributed by atoms with van der Waals surface area (Å²) in [7, 11) is 3.16. The summed E-state index contributed by atoms with van der Waals surface area (Å²) in [6.45, 7) is 0.387. The molecule has 1 amide bonds. The zero-order valence-electron chi connectivity index (χ0n) is 14.8. The van der Waals surface area contributed by atoms with Gasteiger partial charge in [-0.15, -0.1) is 0 Å². The Kier molecular flexibility index (Phi) is 5.49. The van der Waals surface area contributed by atoms with Gasteiger partial charge in [-0.1, -0.05) is 24.3 Å². The van der Waals surface area contributed by atoms with E-state index in [1.54, 1.807) is 43.6 Å². The van der Waals surface area contributed by atoms with E-state index in [0.717, 1.165) is 11.3 Å². The Balaban J connectivity index is 2.03. The lowest BCUT2D eigenvalue weighted by Crippen LogP contribution is -2.30. The van der Waals surface area contributed by atoms with Gasteiger partial charge in [-0.25, -0.2) is 0 Å². The molecule has 5 nitrogen and oxygen atoms in total. The van der Waals surface area contributed by atoms with Crippen LogP contribution in [0.15, 0.2) is 73.1 Å². The molecule has 0 fully saturated rings. The number of aromatic nitrogens is 1. The molecule has 0 aliphatic heterocycles. The average Bonchev–Trinajstić information content (AvgIpc) is 2.72. The number of carbonyl (C=O) groups excluding carboxylic acids is 1. The normalized spacial score (nSPS) is 10.2. The molecular formula is C21H20N2O3. The number of nitrogens with zero attached hydrogens (tertiary/aromatic N) is 2. The van der Waals surface area contributed by atoms with Crippen molar-refractivity contribution in [2.45, 2.75) is 6.54 Å². The Morgan fingerprint density at radius 2 is 1.85 bits per heavy atom. The van der Waals surface area contributed by atoms with Crippen LogP contribution in [0.4, 0.5) is 5.69 Å². The van der Waals surface area contributed by atoms with Crippen molar-refractivity contribution in [3.8, 4) is 11.5 Å². The fourth-order valence-corrected chi connectivity index (χ4v) is 2.70. The smallest absolute Gasteiger partial charge is 0.262 e. The lowest BCUT2D eigenvalue weighted by atomic mass is 10.1. The first kappa shape index (κ1) is 17.5. The molecule has 0 N–H and O–H groups in total. The third-order valence-electron chi connectivity index (χ3n) is 4.01. The van der Waals surface area contributed by atoms with Crippen molar-refractivity contribution in [2.75, 3.05) is 19.1 Å². The second-order valence-electron chi connectivity index (χ2n) is 5.65. The number of carbonyl (C=O) groups is 1. The third-order valence-corrected chi connectivity index (χ3v) is 4.01. The number of methoxy groups -OCH3 is 2. The largest absolute Gasteiger partial charge is 0.497 e. The topological polar surface area (TPSA) is 51.7 Å². The number of para-hydroxylation sites is 1. The van der Waals surface area contributed by atoms with E-state index in [1.807, 2.05) is 48.5 Å². The molecule has 0 aliphatic rings. The second-order valence-corrected chi connectivity index (χ2v) is 5.65. The van der Waals surface area contributed by atoms with Gasteiger partial charge in [-0.3, -0.25) is 9.78 Å². The van der Waals surface area contributed by atoms with Crippen LogP contribution in [-0.2, 0) is 6.54 Å².